The van der Waals surface area contributed by atoms with Crippen LogP contribution in [0.2, 0.25) is 0 Å². The lowest BCUT2D eigenvalue weighted by molar-refractivity contribution is 0.0250. The van der Waals surface area contributed by atoms with Crippen LogP contribution in [-0.2, 0) is 12.0 Å². The maximum absolute atomic E-state index is 10.6. The summed E-state index contributed by atoms with van der Waals surface area (Å²) in [5.74, 6) is 0. The Bertz CT molecular complexity index is 414. The number of aliphatic hydroxyl groups is 1. The van der Waals surface area contributed by atoms with Gasteiger partial charge < -0.3 is 10.4 Å². The summed E-state index contributed by atoms with van der Waals surface area (Å²) in [4.78, 5) is 4.68. The van der Waals surface area contributed by atoms with Gasteiger partial charge in [-0.05, 0) is 12.8 Å². The van der Waals surface area contributed by atoms with Crippen LogP contribution in [0.25, 0.3) is 0 Å². The second-order valence-corrected chi connectivity index (χ2v) is 8.06. The predicted molar refractivity (Wildman–Crippen MR) is 85.2 cm³/mol. The molecule has 0 aromatic carbocycles. The van der Waals surface area contributed by atoms with Gasteiger partial charge in [-0.15, -0.1) is 11.3 Å². The van der Waals surface area contributed by atoms with Crippen LogP contribution in [0, 0.1) is 0 Å². The van der Waals surface area contributed by atoms with Gasteiger partial charge in [0.25, 0.3) is 0 Å². The molecule has 1 fully saturated rings. The van der Waals surface area contributed by atoms with Crippen LogP contribution >= 0.6 is 11.3 Å². The van der Waals surface area contributed by atoms with E-state index in [1.165, 1.54) is 12.8 Å². The molecular formula is C16H28N2OS. The first-order valence-corrected chi connectivity index (χ1v) is 8.65. The van der Waals surface area contributed by atoms with Crippen molar-refractivity contribution >= 4 is 11.3 Å². The van der Waals surface area contributed by atoms with Gasteiger partial charge in [0.05, 0.1) is 11.3 Å². The zero-order valence-corrected chi connectivity index (χ0v) is 13.9. The van der Waals surface area contributed by atoms with Gasteiger partial charge in [-0.25, -0.2) is 4.98 Å². The lowest BCUT2D eigenvalue weighted by atomic mass is 9.93. The van der Waals surface area contributed by atoms with E-state index in [0.29, 0.717) is 6.54 Å². The lowest BCUT2D eigenvalue weighted by Gasteiger charge is -2.26. The van der Waals surface area contributed by atoms with Crippen LogP contribution in [0.15, 0.2) is 5.38 Å². The van der Waals surface area contributed by atoms with Gasteiger partial charge in [0.15, 0.2) is 0 Å². The van der Waals surface area contributed by atoms with E-state index in [0.717, 1.165) is 42.9 Å². The SMILES string of the molecule is CC(C)(C)c1csc(CNCC2(O)CCCCCC2)n1. The molecule has 20 heavy (non-hydrogen) atoms. The number of rotatable bonds is 4. The lowest BCUT2D eigenvalue weighted by Crippen LogP contribution is -2.39. The second kappa shape index (κ2) is 6.54. The van der Waals surface area contributed by atoms with Crippen LogP contribution in [0.5, 0.6) is 0 Å². The Morgan fingerprint density at radius 3 is 2.45 bits per heavy atom. The highest BCUT2D eigenvalue weighted by molar-refractivity contribution is 7.09. The molecule has 0 spiro atoms. The Morgan fingerprint density at radius 1 is 1.25 bits per heavy atom. The topological polar surface area (TPSA) is 45.1 Å². The van der Waals surface area contributed by atoms with Crippen LogP contribution in [0.4, 0.5) is 0 Å². The third kappa shape index (κ3) is 4.54. The van der Waals surface area contributed by atoms with E-state index < -0.39 is 5.60 Å². The summed E-state index contributed by atoms with van der Waals surface area (Å²) in [5.41, 5.74) is 0.780. The molecule has 1 aliphatic carbocycles. The van der Waals surface area contributed by atoms with Crippen molar-refractivity contribution in [2.45, 2.75) is 76.9 Å². The minimum atomic E-state index is -0.499. The van der Waals surface area contributed by atoms with Crippen LogP contribution in [0.1, 0.15) is 70.0 Å². The smallest absolute Gasteiger partial charge is 0.107 e. The fraction of sp³-hybridized carbons (Fsp3) is 0.812. The van der Waals surface area contributed by atoms with Gasteiger partial charge in [-0.1, -0.05) is 46.5 Å². The summed E-state index contributed by atoms with van der Waals surface area (Å²) in [6, 6.07) is 0. The van der Waals surface area contributed by atoms with Gasteiger partial charge >= 0.3 is 0 Å². The Balaban J connectivity index is 1.82. The summed E-state index contributed by atoms with van der Waals surface area (Å²) in [7, 11) is 0. The molecule has 0 amide bonds. The fourth-order valence-corrected chi connectivity index (χ4v) is 3.69. The van der Waals surface area contributed by atoms with Crippen molar-refractivity contribution < 1.29 is 5.11 Å². The van der Waals surface area contributed by atoms with E-state index in [1.54, 1.807) is 11.3 Å². The molecule has 2 rings (SSSR count). The largest absolute Gasteiger partial charge is 0.389 e. The van der Waals surface area contributed by atoms with Crippen molar-refractivity contribution in [2.24, 2.45) is 0 Å². The molecule has 1 aromatic rings. The van der Waals surface area contributed by atoms with Gasteiger partial charge in [0.2, 0.25) is 0 Å². The van der Waals surface area contributed by atoms with Crippen molar-refractivity contribution in [3.05, 3.63) is 16.1 Å². The average Bonchev–Trinajstić information content (AvgIpc) is 2.73. The summed E-state index contributed by atoms with van der Waals surface area (Å²) in [5, 5.41) is 17.3. The van der Waals surface area contributed by atoms with Crippen molar-refractivity contribution in [3.63, 3.8) is 0 Å². The monoisotopic (exact) mass is 296 g/mol. The normalized spacial score (nSPS) is 19.8. The molecule has 3 nitrogen and oxygen atoms in total. The molecule has 1 saturated carbocycles. The predicted octanol–water partition coefficient (Wildman–Crippen LogP) is 3.62. The number of thiazole rings is 1. The standard InChI is InChI=1S/C16H28N2OS/c1-15(2,3)13-11-20-14(18-13)10-17-12-16(19)8-6-4-5-7-9-16/h11,17,19H,4-10,12H2,1-3H3. The molecule has 0 atom stereocenters. The molecule has 2 N–H and O–H groups in total. The molecule has 0 radical (unpaired) electrons. The molecule has 1 aliphatic rings. The van der Waals surface area contributed by atoms with E-state index in [4.69, 9.17) is 0 Å². The first kappa shape index (κ1) is 15.9. The molecule has 0 bridgehead atoms. The van der Waals surface area contributed by atoms with E-state index >= 15 is 0 Å². The first-order valence-electron chi connectivity index (χ1n) is 7.77. The number of hydrogen-bond acceptors (Lipinski definition) is 4. The summed E-state index contributed by atoms with van der Waals surface area (Å²) in [6.45, 7) is 8.02. The second-order valence-electron chi connectivity index (χ2n) is 7.12. The highest BCUT2D eigenvalue weighted by Gasteiger charge is 2.27. The third-order valence-electron chi connectivity index (χ3n) is 4.08. The number of nitrogens with one attached hydrogen (secondary N) is 1. The van der Waals surface area contributed by atoms with Crippen molar-refractivity contribution in [1.29, 1.82) is 0 Å². The van der Waals surface area contributed by atoms with Gasteiger partial charge in [-0.3, -0.25) is 0 Å². The molecule has 114 valence electrons. The van der Waals surface area contributed by atoms with Gasteiger partial charge in [0, 0.05) is 23.9 Å². The number of nitrogens with zero attached hydrogens (tertiary/aromatic N) is 1. The highest BCUT2D eigenvalue weighted by atomic mass is 32.1. The summed E-state index contributed by atoms with van der Waals surface area (Å²) >= 11 is 1.71. The third-order valence-corrected chi connectivity index (χ3v) is 4.93. The summed E-state index contributed by atoms with van der Waals surface area (Å²) in [6.07, 6.45) is 6.72. The average molecular weight is 296 g/mol. The van der Waals surface area contributed by atoms with Crippen LogP contribution in [0.3, 0.4) is 0 Å². The zero-order valence-electron chi connectivity index (χ0n) is 13.0. The highest BCUT2D eigenvalue weighted by Crippen LogP contribution is 2.27. The molecule has 0 aliphatic heterocycles. The van der Waals surface area contributed by atoms with Gasteiger partial charge in [0.1, 0.15) is 5.01 Å². The first-order chi connectivity index (χ1) is 9.39. The molecule has 0 unspecified atom stereocenters. The molecule has 4 heteroatoms. The van der Waals surface area contributed by atoms with E-state index in [-0.39, 0.29) is 5.41 Å². The maximum atomic E-state index is 10.6. The summed E-state index contributed by atoms with van der Waals surface area (Å²) < 4.78 is 0. The van der Waals surface area contributed by atoms with Crippen LogP contribution < -0.4 is 5.32 Å². The van der Waals surface area contributed by atoms with E-state index in [1.807, 2.05) is 0 Å². The van der Waals surface area contributed by atoms with E-state index in [2.05, 4.69) is 36.5 Å². The van der Waals surface area contributed by atoms with Gasteiger partial charge in [-0.2, -0.15) is 0 Å². The Kier molecular flexibility index (Phi) is 5.21. The Morgan fingerprint density at radius 2 is 1.90 bits per heavy atom. The van der Waals surface area contributed by atoms with Crippen LogP contribution in [-0.4, -0.2) is 22.2 Å². The number of hydrogen-bond donors (Lipinski definition) is 2. The molecule has 0 saturated heterocycles. The minimum absolute atomic E-state index is 0.119. The molecular weight excluding hydrogens is 268 g/mol. The van der Waals surface area contributed by atoms with E-state index in [9.17, 15) is 5.11 Å². The zero-order chi connectivity index (χ0) is 14.6. The fourth-order valence-electron chi connectivity index (χ4n) is 2.70. The van der Waals surface area contributed by atoms with Crippen molar-refractivity contribution in [2.75, 3.05) is 6.54 Å². The molecule has 1 heterocycles. The maximum Gasteiger partial charge on any atom is 0.107 e. The van der Waals surface area contributed by atoms with Crippen molar-refractivity contribution in [3.8, 4) is 0 Å². The Hall–Kier alpha value is -0.450. The number of aromatic nitrogens is 1. The minimum Gasteiger partial charge on any atom is -0.389 e. The van der Waals surface area contributed by atoms with Crippen molar-refractivity contribution in [1.82, 2.24) is 10.3 Å². The Labute approximate surface area is 126 Å². The molecule has 1 aromatic heterocycles. The quantitative estimate of drug-likeness (QED) is 0.834.